The molecule has 1 aliphatic rings. The summed E-state index contributed by atoms with van der Waals surface area (Å²) in [5.74, 6) is 0.882. The van der Waals surface area contributed by atoms with Crippen LogP contribution in [0.1, 0.15) is 37.0 Å². The van der Waals surface area contributed by atoms with E-state index >= 15 is 0 Å². The average molecular weight is 291 g/mol. The molecular formula is C16H21NO2S. The zero-order valence-electron chi connectivity index (χ0n) is 12.1. The van der Waals surface area contributed by atoms with Gasteiger partial charge in [-0.2, -0.15) is 0 Å². The molecule has 4 heteroatoms. The number of thioether (sulfide) groups is 1. The van der Waals surface area contributed by atoms with Gasteiger partial charge in [-0.15, -0.1) is 11.8 Å². The lowest BCUT2D eigenvalue weighted by Crippen LogP contribution is -2.29. The molecule has 3 nitrogen and oxygen atoms in total. The second-order valence-electron chi connectivity index (χ2n) is 5.42. The van der Waals surface area contributed by atoms with Crippen molar-refractivity contribution >= 4 is 23.5 Å². The van der Waals surface area contributed by atoms with E-state index in [0.717, 1.165) is 36.4 Å². The third-order valence-corrected chi connectivity index (χ3v) is 4.48. The number of hydrogen-bond donors (Lipinski definition) is 0. The SMILES string of the molecule is CC(C)C(=O)c1ccc(SCC(=O)N2CCCC2)cc1. The summed E-state index contributed by atoms with van der Waals surface area (Å²) in [6.45, 7) is 5.61. The van der Waals surface area contributed by atoms with E-state index in [1.807, 2.05) is 43.0 Å². The summed E-state index contributed by atoms with van der Waals surface area (Å²) in [6.07, 6.45) is 2.25. The fourth-order valence-corrected chi connectivity index (χ4v) is 3.05. The Morgan fingerprint density at radius 3 is 2.30 bits per heavy atom. The molecule has 1 saturated heterocycles. The fourth-order valence-electron chi connectivity index (χ4n) is 2.25. The van der Waals surface area contributed by atoms with Crippen LogP contribution in [0.15, 0.2) is 29.2 Å². The third-order valence-electron chi connectivity index (χ3n) is 3.48. The first-order valence-corrected chi connectivity index (χ1v) is 8.11. The highest BCUT2D eigenvalue weighted by Crippen LogP contribution is 2.21. The summed E-state index contributed by atoms with van der Waals surface area (Å²) in [6, 6.07) is 7.56. The molecule has 0 saturated carbocycles. The van der Waals surface area contributed by atoms with E-state index in [0.29, 0.717) is 5.75 Å². The fraction of sp³-hybridized carbons (Fsp3) is 0.500. The first-order valence-electron chi connectivity index (χ1n) is 7.13. The van der Waals surface area contributed by atoms with Crippen molar-refractivity contribution in [1.29, 1.82) is 0 Å². The van der Waals surface area contributed by atoms with Crippen molar-refractivity contribution in [2.75, 3.05) is 18.8 Å². The van der Waals surface area contributed by atoms with Gasteiger partial charge in [-0.25, -0.2) is 0 Å². The Hall–Kier alpha value is -1.29. The third kappa shape index (κ3) is 3.85. The molecule has 0 atom stereocenters. The molecule has 1 heterocycles. The predicted octanol–water partition coefficient (Wildman–Crippen LogP) is 3.24. The average Bonchev–Trinajstić information content (AvgIpc) is 2.98. The number of rotatable bonds is 5. The largest absolute Gasteiger partial charge is 0.342 e. The topological polar surface area (TPSA) is 37.4 Å². The number of ketones is 1. The highest BCUT2D eigenvalue weighted by molar-refractivity contribution is 8.00. The van der Waals surface area contributed by atoms with Crippen LogP contribution >= 0.6 is 11.8 Å². The van der Waals surface area contributed by atoms with Crippen LogP contribution in [0.5, 0.6) is 0 Å². The standard InChI is InChI=1S/C16H21NO2S/c1-12(2)16(19)13-5-7-14(8-6-13)20-11-15(18)17-9-3-4-10-17/h5-8,12H,3-4,9-11H2,1-2H3. The molecule has 108 valence electrons. The predicted molar refractivity (Wildman–Crippen MR) is 82.1 cm³/mol. The summed E-state index contributed by atoms with van der Waals surface area (Å²) in [7, 11) is 0. The van der Waals surface area contributed by atoms with Crippen molar-refractivity contribution in [3.63, 3.8) is 0 Å². The van der Waals surface area contributed by atoms with Crippen LogP contribution in [0.4, 0.5) is 0 Å². The van der Waals surface area contributed by atoms with E-state index in [1.165, 1.54) is 0 Å². The van der Waals surface area contributed by atoms with Gasteiger partial charge in [0.2, 0.25) is 5.91 Å². The van der Waals surface area contributed by atoms with E-state index in [4.69, 9.17) is 0 Å². The van der Waals surface area contributed by atoms with Crippen molar-refractivity contribution in [1.82, 2.24) is 4.90 Å². The van der Waals surface area contributed by atoms with Crippen molar-refractivity contribution < 1.29 is 9.59 Å². The summed E-state index contributed by atoms with van der Waals surface area (Å²) >= 11 is 1.54. The summed E-state index contributed by atoms with van der Waals surface area (Å²) in [5.41, 5.74) is 0.746. The van der Waals surface area contributed by atoms with Crippen molar-refractivity contribution in [2.24, 2.45) is 5.92 Å². The lowest BCUT2D eigenvalue weighted by atomic mass is 10.0. The molecule has 0 aliphatic carbocycles. The number of likely N-dealkylation sites (tertiary alicyclic amines) is 1. The molecule has 1 fully saturated rings. The summed E-state index contributed by atoms with van der Waals surface area (Å²) in [4.78, 5) is 26.7. The van der Waals surface area contributed by atoms with Gasteiger partial charge >= 0.3 is 0 Å². The lowest BCUT2D eigenvalue weighted by molar-refractivity contribution is -0.127. The Morgan fingerprint density at radius 2 is 1.75 bits per heavy atom. The minimum Gasteiger partial charge on any atom is -0.342 e. The van der Waals surface area contributed by atoms with Crippen LogP contribution in [0.25, 0.3) is 0 Å². The molecule has 1 aromatic carbocycles. The second-order valence-corrected chi connectivity index (χ2v) is 6.47. The molecule has 0 spiro atoms. The molecule has 20 heavy (non-hydrogen) atoms. The number of hydrogen-bond acceptors (Lipinski definition) is 3. The first kappa shape index (κ1) is 15.1. The van der Waals surface area contributed by atoms with Crippen molar-refractivity contribution in [3.8, 4) is 0 Å². The van der Waals surface area contributed by atoms with Gasteiger partial charge in [-0.05, 0) is 25.0 Å². The lowest BCUT2D eigenvalue weighted by Gasteiger charge is -2.14. The number of amides is 1. The number of Topliss-reactive ketones (excluding diaryl/α,β-unsaturated/α-hetero) is 1. The smallest absolute Gasteiger partial charge is 0.232 e. The maximum Gasteiger partial charge on any atom is 0.232 e. The van der Waals surface area contributed by atoms with Crippen LogP contribution in [-0.4, -0.2) is 35.4 Å². The van der Waals surface area contributed by atoms with E-state index in [-0.39, 0.29) is 17.6 Å². The maximum absolute atomic E-state index is 11.9. The van der Waals surface area contributed by atoms with E-state index in [9.17, 15) is 9.59 Å². The van der Waals surface area contributed by atoms with Crippen LogP contribution in [0.2, 0.25) is 0 Å². The van der Waals surface area contributed by atoms with Gasteiger partial charge in [-0.1, -0.05) is 26.0 Å². The number of nitrogens with zero attached hydrogens (tertiary/aromatic N) is 1. The van der Waals surface area contributed by atoms with Crippen molar-refractivity contribution in [3.05, 3.63) is 29.8 Å². The second kappa shape index (κ2) is 6.93. The van der Waals surface area contributed by atoms with Gasteiger partial charge in [-0.3, -0.25) is 9.59 Å². The molecule has 0 bridgehead atoms. The minimum absolute atomic E-state index is 0.0187. The zero-order chi connectivity index (χ0) is 14.5. The van der Waals surface area contributed by atoms with Gasteiger partial charge in [0.25, 0.3) is 0 Å². The molecule has 1 aromatic rings. The molecule has 0 N–H and O–H groups in total. The van der Waals surface area contributed by atoms with Crippen LogP contribution < -0.4 is 0 Å². The molecule has 0 unspecified atom stereocenters. The molecular weight excluding hydrogens is 270 g/mol. The Balaban J connectivity index is 1.87. The minimum atomic E-state index is 0.0187. The Bertz CT molecular complexity index is 476. The molecule has 2 rings (SSSR count). The summed E-state index contributed by atoms with van der Waals surface area (Å²) in [5, 5.41) is 0. The Kier molecular flexibility index (Phi) is 5.24. The van der Waals surface area contributed by atoms with Gasteiger partial charge in [0.05, 0.1) is 5.75 Å². The molecule has 1 amide bonds. The van der Waals surface area contributed by atoms with E-state index < -0.39 is 0 Å². The van der Waals surface area contributed by atoms with E-state index in [2.05, 4.69) is 0 Å². The quantitative estimate of drug-likeness (QED) is 0.617. The van der Waals surface area contributed by atoms with Crippen LogP contribution in [-0.2, 0) is 4.79 Å². The van der Waals surface area contributed by atoms with Gasteiger partial charge in [0.15, 0.2) is 5.78 Å². The highest BCUT2D eigenvalue weighted by Gasteiger charge is 2.17. The Morgan fingerprint density at radius 1 is 1.15 bits per heavy atom. The summed E-state index contributed by atoms with van der Waals surface area (Å²) < 4.78 is 0. The first-order chi connectivity index (χ1) is 9.58. The van der Waals surface area contributed by atoms with E-state index in [1.54, 1.807) is 11.8 Å². The van der Waals surface area contributed by atoms with Gasteiger partial charge in [0.1, 0.15) is 0 Å². The monoisotopic (exact) mass is 291 g/mol. The molecule has 0 radical (unpaired) electrons. The highest BCUT2D eigenvalue weighted by atomic mass is 32.2. The number of carbonyl (C=O) groups excluding carboxylic acids is 2. The van der Waals surface area contributed by atoms with Gasteiger partial charge < -0.3 is 4.90 Å². The normalized spacial score (nSPS) is 14.8. The van der Waals surface area contributed by atoms with Crippen LogP contribution in [0.3, 0.4) is 0 Å². The van der Waals surface area contributed by atoms with Crippen molar-refractivity contribution in [2.45, 2.75) is 31.6 Å². The number of carbonyl (C=O) groups is 2. The molecule has 0 aromatic heterocycles. The zero-order valence-corrected chi connectivity index (χ0v) is 12.9. The maximum atomic E-state index is 11.9. The van der Waals surface area contributed by atoms with Crippen LogP contribution in [0, 0.1) is 5.92 Å². The Labute approximate surface area is 124 Å². The number of benzene rings is 1. The van der Waals surface area contributed by atoms with Gasteiger partial charge in [0, 0.05) is 29.5 Å². The molecule has 1 aliphatic heterocycles.